The van der Waals surface area contributed by atoms with Crippen LogP contribution in [0.1, 0.15) is 42.4 Å². The van der Waals surface area contributed by atoms with Crippen molar-refractivity contribution in [2.24, 2.45) is 0 Å². The fraction of sp³-hybridized carbons (Fsp3) is 0.556. The Morgan fingerprint density at radius 2 is 2.46 bits per heavy atom. The third kappa shape index (κ3) is 2.60. The van der Waals surface area contributed by atoms with E-state index in [4.69, 9.17) is 4.74 Å². The fourth-order valence-corrected chi connectivity index (χ4v) is 1.82. The van der Waals surface area contributed by atoms with Crippen LogP contribution in [0.5, 0.6) is 0 Å². The van der Waals surface area contributed by atoms with E-state index in [-0.39, 0.29) is 11.9 Å². The quantitative estimate of drug-likeness (QED) is 0.699. The van der Waals surface area contributed by atoms with E-state index in [1.807, 2.05) is 13.8 Å². The van der Waals surface area contributed by atoms with Gasteiger partial charge in [0.25, 0.3) is 0 Å². The Bertz CT molecular complexity index is 296. The maximum atomic E-state index is 10.9. The number of hydrogen-bond acceptors (Lipinski definition) is 4. The Hall–Kier alpha value is -0.740. The monoisotopic (exact) mass is 199 g/mol. The van der Waals surface area contributed by atoms with E-state index >= 15 is 0 Å². The molecule has 0 aromatic carbocycles. The molecule has 1 aromatic rings. The van der Waals surface area contributed by atoms with E-state index in [0.29, 0.717) is 12.3 Å². The predicted molar refractivity (Wildman–Crippen MR) is 52.2 cm³/mol. The summed E-state index contributed by atoms with van der Waals surface area (Å²) >= 11 is 1.47. The molecule has 1 heterocycles. The molecule has 4 heteroatoms. The average molecular weight is 199 g/mol. The zero-order valence-electron chi connectivity index (χ0n) is 8.03. The molecule has 13 heavy (non-hydrogen) atoms. The summed E-state index contributed by atoms with van der Waals surface area (Å²) < 4.78 is 5.36. The second-order valence-corrected chi connectivity index (χ2v) is 3.61. The van der Waals surface area contributed by atoms with Crippen molar-refractivity contribution < 1.29 is 9.53 Å². The molecular weight excluding hydrogens is 186 g/mol. The highest BCUT2D eigenvalue weighted by Gasteiger charge is 2.11. The Labute approximate surface area is 81.8 Å². The van der Waals surface area contributed by atoms with Gasteiger partial charge in [0, 0.05) is 18.9 Å². The smallest absolute Gasteiger partial charge is 0.178 e. The first-order chi connectivity index (χ1) is 6.15. The maximum absolute atomic E-state index is 10.9. The molecule has 1 unspecified atom stereocenters. The summed E-state index contributed by atoms with van der Waals surface area (Å²) in [6.07, 6.45) is -0.0110. The first-order valence-corrected chi connectivity index (χ1v) is 5.11. The zero-order chi connectivity index (χ0) is 9.84. The van der Waals surface area contributed by atoms with Crippen molar-refractivity contribution in [3.05, 3.63) is 16.1 Å². The van der Waals surface area contributed by atoms with Crippen molar-refractivity contribution >= 4 is 17.1 Å². The minimum Gasteiger partial charge on any atom is -0.372 e. The molecule has 72 valence electrons. The lowest BCUT2D eigenvalue weighted by atomic mass is 10.3. The first-order valence-electron chi connectivity index (χ1n) is 4.23. The van der Waals surface area contributed by atoms with Crippen molar-refractivity contribution in [3.63, 3.8) is 0 Å². The summed E-state index contributed by atoms with van der Waals surface area (Å²) in [4.78, 5) is 15.1. The van der Waals surface area contributed by atoms with Crippen LogP contribution in [0.4, 0.5) is 0 Å². The molecule has 3 nitrogen and oxygen atoms in total. The van der Waals surface area contributed by atoms with Crippen molar-refractivity contribution in [2.75, 3.05) is 6.61 Å². The van der Waals surface area contributed by atoms with Crippen LogP contribution in [0.15, 0.2) is 5.38 Å². The molecular formula is C9H13NO2S. The van der Waals surface area contributed by atoms with Crippen molar-refractivity contribution in [1.29, 1.82) is 0 Å². The molecule has 1 rings (SSSR count). The molecule has 0 aliphatic carbocycles. The number of ether oxygens (including phenoxy) is 1. The van der Waals surface area contributed by atoms with Gasteiger partial charge in [-0.25, -0.2) is 4.98 Å². The van der Waals surface area contributed by atoms with E-state index in [9.17, 15) is 4.79 Å². The molecule has 0 amide bonds. The summed E-state index contributed by atoms with van der Waals surface area (Å²) in [6.45, 7) is 6.06. The highest BCUT2D eigenvalue weighted by atomic mass is 32.1. The van der Waals surface area contributed by atoms with Crippen molar-refractivity contribution in [1.82, 2.24) is 4.98 Å². The summed E-state index contributed by atoms with van der Waals surface area (Å²) in [5.74, 6) is 0.00574. The van der Waals surface area contributed by atoms with Crippen LogP contribution in [-0.2, 0) is 4.74 Å². The molecule has 0 fully saturated rings. The minimum absolute atomic E-state index is 0.00574. The van der Waals surface area contributed by atoms with Crippen LogP contribution in [0.3, 0.4) is 0 Å². The Morgan fingerprint density at radius 1 is 1.77 bits per heavy atom. The number of hydrogen-bond donors (Lipinski definition) is 0. The zero-order valence-corrected chi connectivity index (χ0v) is 8.85. The van der Waals surface area contributed by atoms with Crippen LogP contribution in [0, 0.1) is 0 Å². The minimum atomic E-state index is -0.0110. The van der Waals surface area contributed by atoms with Crippen LogP contribution in [0.25, 0.3) is 0 Å². The van der Waals surface area contributed by atoms with Gasteiger partial charge < -0.3 is 4.74 Å². The number of aromatic nitrogens is 1. The molecule has 0 spiro atoms. The van der Waals surface area contributed by atoms with Crippen LogP contribution in [-0.4, -0.2) is 17.4 Å². The van der Waals surface area contributed by atoms with Gasteiger partial charge >= 0.3 is 0 Å². The van der Waals surface area contributed by atoms with Gasteiger partial charge in [-0.05, 0) is 13.8 Å². The number of ketones is 1. The van der Waals surface area contributed by atoms with Gasteiger partial charge in [-0.15, -0.1) is 11.3 Å². The highest BCUT2D eigenvalue weighted by Crippen LogP contribution is 2.20. The molecule has 0 aliphatic heterocycles. The second kappa shape index (κ2) is 4.48. The van der Waals surface area contributed by atoms with E-state index < -0.39 is 0 Å². The lowest BCUT2D eigenvalue weighted by Gasteiger charge is -2.06. The summed E-state index contributed by atoms with van der Waals surface area (Å²) in [5, 5.41) is 2.64. The molecule has 1 atom stereocenters. The van der Waals surface area contributed by atoms with Gasteiger partial charge in [0.15, 0.2) is 5.78 Å². The molecule has 0 saturated carbocycles. The van der Waals surface area contributed by atoms with Crippen LogP contribution < -0.4 is 0 Å². The van der Waals surface area contributed by atoms with Gasteiger partial charge in [-0.2, -0.15) is 0 Å². The van der Waals surface area contributed by atoms with E-state index in [2.05, 4.69) is 4.98 Å². The Balaban J connectivity index is 2.73. The SMILES string of the molecule is CCOC(C)c1nc(C(C)=O)cs1. The highest BCUT2D eigenvalue weighted by molar-refractivity contribution is 7.09. The van der Waals surface area contributed by atoms with E-state index in [0.717, 1.165) is 5.01 Å². The summed E-state index contributed by atoms with van der Waals surface area (Å²) in [5.41, 5.74) is 0.534. The first kappa shape index (κ1) is 10.3. The third-order valence-electron chi connectivity index (χ3n) is 1.65. The second-order valence-electron chi connectivity index (χ2n) is 2.72. The maximum Gasteiger partial charge on any atom is 0.178 e. The lowest BCUT2D eigenvalue weighted by Crippen LogP contribution is -2.00. The Kier molecular flexibility index (Phi) is 3.57. The van der Waals surface area contributed by atoms with Crippen molar-refractivity contribution in [3.8, 4) is 0 Å². The number of rotatable bonds is 4. The summed E-state index contributed by atoms with van der Waals surface area (Å²) in [7, 11) is 0. The number of carbonyl (C=O) groups excluding carboxylic acids is 1. The average Bonchev–Trinajstić information content (AvgIpc) is 2.52. The number of thiazole rings is 1. The fourth-order valence-electron chi connectivity index (χ4n) is 0.957. The molecule has 0 aliphatic rings. The van der Waals surface area contributed by atoms with E-state index in [1.54, 1.807) is 5.38 Å². The van der Waals surface area contributed by atoms with Crippen LogP contribution in [0.2, 0.25) is 0 Å². The summed E-state index contributed by atoms with van der Waals surface area (Å²) in [6, 6.07) is 0. The standard InChI is InChI=1S/C9H13NO2S/c1-4-12-7(3)9-10-8(5-13-9)6(2)11/h5,7H,4H2,1-3H3. The van der Waals surface area contributed by atoms with Gasteiger partial charge in [0.05, 0.1) is 0 Å². The lowest BCUT2D eigenvalue weighted by molar-refractivity contribution is 0.0760. The van der Waals surface area contributed by atoms with Gasteiger partial charge in [0.2, 0.25) is 0 Å². The predicted octanol–water partition coefficient (Wildman–Crippen LogP) is 2.44. The normalized spacial score (nSPS) is 12.8. The largest absolute Gasteiger partial charge is 0.372 e. The molecule has 0 saturated heterocycles. The number of carbonyl (C=O) groups is 1. The van der Waals surface area contributed by atoms with Gasteiger partial charge in [-0.1, -0.05) is 0 Å². The molecule has 1 aromatic heterocycles. The number of nitrogens with zero attached hydrogens (tertiary/aromatic N) is 1. The van der Waals surface area contributed by atoms with Gasteiger partial charge in [0.1, 0.15) is 16.8 Å². The molecule has 0 N–H and O–H groups in total. The number of Topliss-reactive ketones (excluding diaryl/α,β-unsaturated/α-hetero) is 1. The topological polar surface area (TPSA) is 39.2 Å². The third-order valence-corrected chi connectivity index (χ3v) is 2.65. The van der Waals surface area contributed by atoms with Gasteiger partial charge in [-0.3, -0.25) is 4.79 Å². The molecule has 0 bridgehead atoms. The Morgan fingerprint density at radius 3 is 2.92 bits per heavy atom. The van der Waals surface area contributed by atoms with E-state index in [1.165, 1.54) is 18.3 Å². The molecule has 0 radical (unpaired) electrons. The van der Waals surface area contributed by atoms with Crippen molar-refractivity contribution in [2.45, 2.75) is 26.9 Å². The van der Waals surface area contributed by atoms with Crippen LogP contribution >= 0.6 is 11.3 Å².